The molecule has 0 spiro atoms. The summed E-state index contributed by atoms with van der Waals surface area (Å²) in [6, 6.07) is 6.95. The first kappa shape index (κ1) is 25.6. The van der Waals surface area contributed by atoms with E-state index in [1.54, 1.807) is 54.0 Å². The minimum atomic E-state index is -0.198. The predicted molar refractivity (Wildman–Crippen MR) is 137 cm³/mol. The molecule has 192 valence electrons. The summed E-state index contributed by atoms with van der Waals surface area (Å²) in [5, 5.41) is 2.98. The summed E-state index contributed by atoms with van der Waals surface area (Å²) < 4.78 is 0. The average Bonchev–Trinajstić information content (AvgIpc) is 3.62. The summed E-state index contributed by atoms with van der Waals surface area (Å²) in [4.78, 5) is 46.9. The number of likely N-dealkylation sites (tertiary alicyclic amines) is 1. The van der Waals surface area contributed by atoms with Crippen molar-refractivity contribution in [3.05, 3.63) is 71.8 Å². The maximum atomic E-state index is 12.9. The Bertz CT molecular complexity index is 1040. The van der Waals surface area contributed by atoms with Crippen molar-refractivity contribution in [3.8, 4) is 0 Å². The van der Waals surface area contributed by atoms with Gasteiger partial charge >= 0.3 is 0 Å². The second-order valence-electron chi connectivity index (χ2n) is 9.25. The maximum absolute atomic E-state index is 12.9. The van der Waals surface area contributed by atoms with Gasteiger partial charge in [-0.3, -0.25) is 14.5 Å². The molecule has 2 amide bonds. The lowest BCUT2D eigenvalue weighted by Gasteiger charge is -2.28. The number of carbonyl (C=O) groups is 2. The number of imidazole rings is 2. The maximum Gasteiger partial charge on any atom is 0.253 e. The molecule has 3 N–H and O–H groups in total. The van der Waals surface area contributed by atoms with E-state index in [0.29, 0.717) is 43.9 Å². The number of amides is 2. The van der Waals surface area contributed by atoms with E-state index in [2.05, 4.69) is 35.1 Å². The zero-order valence-corrected chi connectivity index (χ0v) is 20.9. The van der Waals surface area contributed by atoms with Crippen LogP contribution in [0.1, 0.15) is 51.6 Å². The molecule has 0 saturated carbocycles. The molecule has 1 aromatic carbocycles. The number of aromatic amines is 2. The number of nitrogens with zero attached hydrogens (tertiary/aromatic N) is 5. The Balaban J connectivity index is 1.28. The van der Waals surface area contributed by atoms with Crippen LogP contribution in [-0.4, -0.2) is 92.8 Å². The van der Waals surface area contributed by atoms with Gasteiger partial charge in [0.1, 0.15) is 11.6 Å². The van der Waals surface area contributed by atoms with E-state index >= 15 is 0 Å². The summed E-state index contributed by atoms with van der Waals surface area (Å²) >= 11 is 0. The van der Waals surface area contributed by atoms with Crippen molar-refractivity contribution in [2.45, 2.75) is 32.4 Å². The number of benzene rings is 1. The number of aromatic nitrogens is 4. The summed E-state index contributed by atoms with van der Waals surface area (Å²) in [6.45, 7) is 6.06. The zero-order chi connectivity index (χ0) is 25.2. The summed E-state index contributed by atoms with van der Waals surface area (Å²) in [7, 11) is 1.83. The third kappa shape index (κ3) is 7.50. The third-order valence-electron chi connectivity index (χ3n) is 6.49. The number of nitrogens with one attached hydrogen (secondary N) is 3. The first-order valence-corrected chi connectivity index (χ1v) is 12.6. The molecular formula is C26H36N8O2. The Labute approximate surface area is 212 Å². The molecule has 3 aromatic rings. The van der Waals surface area contributed by atoms with Gasteiger partial charge < -0.3 is 25.1 Å². The first-order chi connectivity index (χ1) is 17.6. The highest BCUT2D eigenvalue weighted by Gasteiger charge is 2.17. The molecule has 4 rings (SSSR count). The van der Waals surface area contributed by atoms with Crippen molar-refractivity contribution in [1.82, 2.24) is 40.0 Å². The van der Waals surface area contributed by atoms with Gasteiger partial charge in [-0.15, -0.1) is 0 Å². The second-order valence-corrected chi connectivity index (χ2v) is 9.25. The van der Waals surface area contributed by atoms with E-state index in [1.165, 1.54) is 19.3 Å². The molecule has 0 atom stereocenters. The molecule has 36 heavy (non-hydrogen) atoms. The van der Waals surface area contributed by atoms with Crippen molar-refractivity contribution >= 4 is 11.8 Å². The van der Waals surface area contributed by atoms with Crippen LogP contribution in [0.25, 0.3) is 0 Å². The van der Waals surface area contributed by atoms with E-state index in [0.717, 1.165) is 31.3 Å². The fourth-order valence-corrected chi connectivity index (χ4v) is 4.43. The average molecular weight is 493 g/mol. The van der Waals surface area contributed by atoms with E-state index in [9.17, 15) is 9.59 Å². The second kappa shape index (κ2) is 13.0. The monoisotopic (exact) mass is 492 g/mol. The minimum absolute atomic E-state index is 0.0651. The number of piperidine rings is 1. The van der Waals surface area contributed by atoms with Crippen LogP contribution in [0.5, 0.6) is 0 Å². The molecule has 0 unspecified atom stereocenters. The van der Waals surface area contributed by atoms with Gasteiger partial charge in [0.15, 0.2) is 0 Å². The molecule has 0 aliphatic carbocycles. The van der Waals surface area contributed by atoms with Crippen LogP contribution in [0.2, 0.25) is 0 Å². The molecule has 2 aromatic heterocycles. The molecule has 1 aliphatic rings. The third-order valence-corrected chi connectivity index (χ3v) is 6.49. The van der Waals surface area contributed by atoms with Crippen molar-refractivity contribution in [2.24, 2.45) is 0 Å². The first-order valence-electron chi connectivity index (χ1n) is 12.6. The fourth-order valence-electron chi connectivity index (χ4n) is 4.43. The molecule has 1 fully saturated rings. The molecule has 10 heteroatoms. The highest BCUT2D eigenvalue weighted by Crippen LogP contribution is 2.11. The Kier molecular flexibility index (Phi) is 9.23. The lowest BCUT2D eigenvalue weighted by molar-refractivity contribution is 0.0773. The van der Waals surface area contributed by atoms with Crippen LogP contribution in [-0.2, 0) is 13.1 Å². The van der Waals surface area contributed by atoms with Gasteiger partial charge in [0.2, 0.25) is 0 Å². The van der Waals surface area contributed by atoms with Gasteiger partial charge in [0.05, 0.1) is 13.1 Å². The molecule has 0 bridgehead atoms. The minimum Gasteiger partial charge on any atom is -0.351 e. The quantitative estimate of drug-likeness (QED) is 0.357. The van der Waals surface area contributed by atoms with E-state index in [1.807, 2.05) is 7.05 Å². The van der Waals surface area contributed by atoms with Crippen LogP contribution >= 0.6 is 0 Å². The summed E-state index contributed by atoms with van der Waals surface area (Å²) in [6.07, 6.45) is 10.8. The Morgan fingerprint density at radius 2 is 1.64 bits per heavy atom. The normalized spacial score (nSPS) is 14.2. The Hall–Kier alpha value is -3.50. The largest absolute Gasteiger partial charge is 0.351 e. The van der Waals surface area contributed by atoms with Gasteiger partial charge in [-0.2, -0.15) is 0 Å². The molecule has 1 aliphatic heterocycles. The molecule has 0 radical (unpaired) electrons. The smallest absolute Gasteiger partial charge is 0.253 e. The van der Waals surface area contributed by atoms with Crippen molar-refractivity contribution in [2.75, 3.05) is 46.3 Å². The number of hydrogen-bond donors (Lipinski definition) is 3. The highest BCUT2D eigenvalue weighted by atomic mass is 16.2. The van der Waals surface area contributed by atoms with Crippen molar-refractivity contribution < 1.29 is 9.59 Å². The van der Waals surface area contributed by atoms with Gasteiger partial charge in [-0.05, 0) is 44.1 Å². The van der Waals surface area contributed by atoms with Crippen LogP contribution in [0.15, 0.2) is 49.1 Å². The van der Waals surface area contributed by atoms with Gasteiger partial charge in [-0.1, -0.05) is 12.5 Å². The number of carbonyl (C=O) groups excluding carboxylic acids is 2. The van der Waals surface area contributed by atoms with E-state index < -0.39 is 0 Å². The standard InChI is InChI=1S/C26H36N8O2/c1-32(16-17-33-13-3-2-4-14-33)26(36)22-7-5-6-21(18-22)25(35)31-12-15-34(19-23-27-8-9-28-23)20-24-29-10-11-30-24/h5-11,18H,2-4,12-17,19-20H2,1H3,(H,27,28)(H,29,30)(H,31,35). The SMILES string of the molecule is CN(CCN1CCCCC1)C(=O)c1cccc(C(=O)NCCN(Cc2ncc[nH]2)Cc2ncc[nH]2)c1. The lowest BCUT2D eigenvalue weighted by Crippen LogP contribution is -2.38. The highest BCUT2D eigenvalue weighted by molar-refractivity contribution is 5.99. The van der Waals surface area contributed by atoms with Crippen LogP contribution in [0.4, 0.5) is 0 Å². The van der Waals surface area contributed by atoms with Crippen LogP contribution < -0.4 is 5.32 Å². The molecular weight excluding hydrogens is 456 g/mol. The number of likely N-dealkylation sites (N-methyl/N-ethyl adjacent to an activating group) is 1. The lowest BCUT2D eigenvalue weighted by atomic mass is 10.1. The van der Waals surface area contributed by atoms with Crippen molar-refractivity contribution in [3.63, 3.8) is 0 Å². The fraction of sp³-hybridized carbons (Fsp3) is 0.462. The number of rotatable bonds is 12. The summed E-state index contributed by atoms with van der Waals surface area (Å²) in [5.74, 6) is 1.44. The predicted octanol–water partition coefficient (Wildman–Crippen LogP) is 2.12. The van der Waals surface area contributed by atoms with Crippen molar-refractivity contribution in [1.29, 1.82) is 0 Å². The molecule has 3 heterocycles. The topological polar surface area (TPSA) is 113 Å². The van der Waals surface area contributed by atoms with E-state index in [4.69, 9.17) is 0 Å². The van der Waals surface area contributed by atoms with Crippen LogP contribution in [0, 0.1) is 0 Å². The number of hydrogen-bond acceptors (Lipinski definition) is 6. The van der Waals surface area contributed by atoms with Crippen LogP contribution in [0.3, 0.4) is 0 Å². The van der Waals surface area contributed by atoms with E-state index in [-0.39, 0.29) is 11.8 Å². The molecule has 1 saturated heterocycles. The van der Waals surface area contributed by atoms with Gasteiger partial charge in [0, 0.05) is 69.1 Å². The van der Waals surface area contributed by atoms with Gasteiger partial charge in [-0.25, -0.2) is 9.97 Å². The zero-order valence-electron chi connectivity index (χ0n) is 20.9. The Morgan fingerprint density at radius 3 is 2.28 bits per heavy atom. The number of H-pyrrole nitrogens is 2. The summed E-state index contributed by atoms with van der Waals surface area (Å²) in [5.41, 5.74) is 1.01. The Morgan fingerprint density at radius 1 is 0.972 bits per heavy atom. The molecule has 10 nitrogen and oxygen atoms in total. The van der Waals surface area contributed by atoms with Gasteiger partial charge in [0.25, 0.3) is 11.8 Å².